The van der Waals surface area contributed by atoms with Crippen molar-refractivity contribution in [2.45, 2.75) is 90.8 Å². The molecule has 0 heterocycles. The molecule has 1 aliphatic rings. The lowest BCUT2D eigenvalue weighted by atomic mass is 9.85. The molecule has 0 aromatic heterocycles. The van der Waals surface area contributed by atoms with Gasteiger partial charge in [0.25, 0.3) is 0 Å². The van der Waals surface area contributed by atoms with Crippen molar-refractivity contribution in [2.24, 2.45) is 5.92 Å². The number of rotatable bonds is 11. The molecule has 1 saturated carbocycles. The first-order valence-electron chi connectivity index (χ1n) is 12.5. The van der Waals surface area contributed by atoms with Crippen LogP contribution in [0.2, 0.25) is 0 Å². The number of ether oxygens (including phenoxy) is 2. The predicted octanol–water partition coefficient (Wildman–Crippen LogP) is 7.88. The monoisotopic (exact) mass is 436 g/mol. The predicted molar refractivity (Wildman–Crippen MR) is 132 cm³/mol. The van der Waals surface area contributed by atoms with E-state index in [1.807, 2.05) is 24.3 Å². The van der Waals surface area contributed by atoms with E-state index in [4.69, 9.17) is 9.47 Å². The minimum Gasteiger partial charge on any atom is -0.465 e. The minimum absolute atomic E-state index is 0.281. The smallest absolute Gasteiger partial charge is 0.338 e. The summed E-state index contributed by atoms with van der Waals surface area (Å²) in [6.07, 6.45) is 13.2. The average molecular weight is 437 g/mol. The molecule has 174 valence electrons. The van der Waals surface area contributed by atoms with Gasteiger partial charge in [0.2, 0.25) is 0 Å². The highest BCUT2D eigenvalue weighted by Gasteiger charge is 2.20. The molecule has 2 aromatic carbocycles. The standard InChI is InChI=1S/C29H40O3/c1-4-5-16-25(20-19-23-13-7-6-8-14-23)32-21-24-15-11-18-27(29(30)31-3)28(24)26-17-10-9-12-22(26)2/h9-12,15,17-18,23,25H,4-8,13-14,16,19-21H2,1-3H3. The lowest BCUT2D eigenvalue weighted by Gasteiger charge is -2.25. The van der Waals surface area contributed by atoms with E-state index in [0.717, 1.165) is 41.0 Å². The van der Waals surface area contributed by atoms with E-state index in [9.17, 15) is 4.79 Å². The summed E-state index contributed by atoms with van der Waals surface area (Å²) in [5, 5.41) is 0. The SMILES string of the molecule is CCCCC(CCC1CCCCC1)OCc1cccc(C(=O)OC)c1-c1ccccc1C. The summed E-state index contributed by atoms with van der Waals surface area (Å²) in [6.45, 7) is 4.85. The van der Waals surface area contributed by atoms with Gasteiger partial charge in [-0.25, -0.2) is 4.79 Å². The molecule has 0 amide bonds. The quantitative estimate of drug-likeness (QED) is 0.336. The molecule has 32 heavy (non-hydrogen) atoms. The summed E-state index contributed by atoms with van der Waals surface area (Å²) in [5.41, 5.74) is 4.82. The van der Waals surface area contributed by atoms with Gasteiger partial charge >= 0.3 is 5.97 Å². The molecule has 0 bridgehead atoms. The van der Waals surface area contributed by atoms with Gasteiger partial charge in [0, 0.05) is 5.56 Å². The topological polar surface area (TPSA) is 35.5 Å². The normalized spacial score (nSPS) is 15.5. The van der Waals surface area contributed by atoms with Gasteiger partial charge < -0.3 is 9.47 Å². The number of methoxy groups -OCH3 is 1. The van der Waals surface area contributed by atoms with Crippen LogP contribution in [-0.2, 0) is 16.1 Å². The van der Waals surface area contributed by atoms with Crippen molar-refractivity contribution in [3.63, 3.8) is 0 Å². The van der Waals surface area contributed by atoms with Gasteiger partial charge in [0.1, 0.15) is 0 Å². The summed E-state index contributed by atoms with van der Waals surface area (Å²) >= 11 is 0. The Labute approximate surface area is 194 Å². The van der Waals surface area contributed by atoms with Gasteiger partial charge in [-0.3, -0.25) is 0 Å². The Morgan fingerprint density at radius 3 is 2.53 bits per heavy atom. The molecule has 2 aromatic rings. The van der Waals surface area contributed by atoms with Gasteiger partial charge in [-0.05, 0) is 54.9 Å². The van der Waals surface area contributed by atoms with Gasteiger partial charge in [0.05, 0.1) is 25.4 Å². The lowest BCUT2D eigenvalue weighted by molar-refractivity contribution is 0.0231. The number of carbonyl (C=O) groups is 1. The molecule has 0 saturated heterocycles. The van der Waals surface area contributed by atoms with Crippen LogP contribution in [0.25, 0.3) is 11.1 Å². The lowest BCUT2D eigenvalue weighted by Crippen LogP contribution is -2.17. The summed E-state index contributed by atoms with van der Waals surface area (Å²) in [4.78, 5) is 12.6. The number of hydrogen-bond acceptors (Lipinski definition) is 3. The minimum atomic E-state index is -0.301. The van der Waals surface area contributed by atoms with Crippen molar-refractivity contribution >= 4 is 5.97 Å². The van der Waals surface area contributed by atoms with Crippen LogP contribution in [0.15, 0.2) is 42.5 Å². The summed E-state index contributed by atoms with van der Waals surface area (Å²) in [6, 6.07) is 14.1. The van der Waals surface area contributed by atoms with Crippen molar-refractivity contribution in [1.82, 2.24) is 0 Å². The number of unbranched alkanes of at least 4 members (excludes halogenated alkanes) is 1. The van der Waals surface area contributed by atoms with Crippen LogP contribution >= 0.6 is 0 Å². The number of benzene rings is 2. The molecule has 1 atom stereocenters. The molecule has 3 rings (SSSR count). The van der Waals surface area contributed by atoms with E-state index < -0.39 is 0 Å². The highest BCUT2D eigenvalue weighted by Crippen LogP contribution is 2.33. The number of hydrogen-bond donors (Lipinski definition) is 0. The second-order valence-electron chi connectivity index (χ2n) is 9.30. The Bertz CT molecular complexity index is 851. The maximum atomic E-state index is 12.6. The Morgan fingerprint density at radius 1 is 1.03 bits per heavy atom. The van der Waals surface area contributed by atoms with Crippen molar-refractivity contribution < 1.29 is 14.3 Å². The van der Waals surface area contributed by atoms with Crippen LogP contribution in [0, 0.1) is 12.8 Å². The third kappa shape index (κ3) is 6.68. The Hall–Kier alpha value is -2.13. The molecule has 0 N–H and O–H groups in total. The first kappa shape index (κ1) is 24.5. The molecule has 3 heteroatoms. The number of carbonyl (C=O) groups excluding carboxylic acids is 1. The van der Waals surface area contributed by atoms with Crippen molar-refractivity contribution in [3.05, 3.63) is 59.2 Å². The summed E-state index contributed by atoms with van der Waals surface area (Å²) in [5.74, 6) is 0.576. The highest BCUT2D eigenvalue weighted by atomic mass is 16.5. The van der Waals surface area contributed by atoms with Gasteiger partial charge in [0.15, 0.2) is 0 Å². The molecule has 1 fully saturated rings. The Morgan fingerprint density at radius 2 is 1.81 bits per heavy atom. The zero-order valence-corrected chi connectivity index (χ0v) is 20.2. The Kier molecular flexibility index (Phi) is 9.80. The largest absolute Gasteiger partial charge is 0.465 e. The van der Waals surface area contributed by atoms with Crippen molar-refractivity contribution in [1.29, 1.82) is 0 Å². The summed E-state index contributed by atoms with van der Waals surface area (Å²) < 4.78 is 11.6. The zero-order valence-electron chi connectivity index (χ0n) is 20.2. The molecule has 1 unspecified atom stereocenters. The van der Waals surface area contributed by atoms with Gasteiger partial charge in [-0.15, -0.1) is 0 Å². The second-order valence-corrected chi connectivity index (χ2v) is 9.30. The van der Waals surface area contributed by atoms with Crippen molar-refractivity contribution in [3.8, 4) is 11.1 Å². The van der Waals surface area contributed by atoms with Crippen LogP contribution in [0.3, 0.4) is 0 Å². The fraction of sp³-hybridized carbons (Fsp3) is 0.552. The van der Waals surface area contributed by atoms with E-state index >= 15 is 0 Å². The number of esters is 1. The van der Waals surface area contributed by atoms with Crippen LogP contribution in [-0.4, -0.2) is 19.2 Å². The maximum absolute atomic E-state index is 12.6. The molecule has 0 aliphatic heterocycles. The van der Waals surface area contributed by atoms with Crippen LogP contribution in [0.1, 0.15) is 92.6 Å². The van der Waals surface area contributed by atoms with E-state index in [1.165, 1.54) is 58.5 Å². The van der Waals surface area contributed by atoms with E-state index in [0.29, 0.717) is 12.2 Å². The van der Waals surface area contributed by atoms with E-state index in [1.54, 1.807) is 0 Å². The molecular formula is C29H40O3. The third-order valence-corrected chi connectivity index (χ3v) is 6.95. The Balaban J connectivity index is 1.79. The highest BCUT2D eigenvalue weighted by molar-refractivity contribution is 5.98. The van der Waals surface area contributed by atoms with E-state index in [-0.39, 0.29) is 12.1 Å². The molecule has 0 radical (unpaired) electrons. The first-order chi connectivity index (χ1) is 15.6. The second kappa shape index (κ2) is 12.8. The molecule has 3 nitrogen and oxygen atoms in total. The fourth-order valence-corrected chi connectivity index (χ4v) is 5.02. The average Bonchev–Trinajstić information content (AvgIpc) is 2.84. The van der Waals surface area contributed by atoms with Crippen molar-refractivity contribution in [2.75, 3.05) is 7.11 Å². The van der Waals surface area contributed by atoms with Gasteiger partial charge in [-0.1, -0.05) is 88.3 Å². The first-order valence-corrected chi connectivity index (χ1v) is 12.5. The zero-order chi connectivity index (χ0) is 22.8. The maximum Gasteiger partial charge on any atom is 0.338 e. The van der Waals surface area contributed by atoms with Crippen LogP contribution < -0.4 is 0 Å². The van der Waals surface area contributed by atoms with E-state index in [2.05, 4.69) is 32.0 Å². The molecule has 1 aliphatic carbocycles. The molecule has 0 spiro atoms. The third-order valence-electron chi connectivity index (χ3n) is 6.95. The number of aryl methyl sites for hydroxylation is 1. The van der Waals surface area contributed by atoms with Crippen LogP contribution in [0.4, 0.5) is 0 Å². The van der Waals surface area contributed by atoms with Crippen LogP contribution in [0.5, 0.6) is 0 Å². The fourth-order valence-electron chi connectivity index (χ4n) is 5.02. The molecular weight excluding hydrogens is 396 g/mol. The van der Waals surface area contributed by atoms with Gasteiger partial charge in [-0.2, -0.15) is 0 Å². The summed E-state index contributed by atoms with van der Waals surface area (Å²) in [7, 11) is 1.44.